The number of benzene rings is 3. The van der Waals surface area contributed by atoms with Crippen LogP contribution in [0.15, 0.2) is 60.7 Å². The smallest absolute Gasteiger partial charge is 0.344 e. The van der Waals surface area contributed by atoms with Crippen LogP contribution in [0.3, 0.4) is 0 Å². The molecule has 0 aromatic heterocycles. The largest absolute Gasteiger partial charge is 0.494 e. The van der Waals surface area contributed by atoms with Crippen molar-refractivity contribution in [3.63, 3.8) is 0 Å². The second kappa shape index (κ2) is 40.0. The van der Waals surface area contributed by atoms with Crippen molar-refractivity contribution in [1.29, 1.82) is 0 Å². The lowest BCUT2D eigenvalue weighted by molar-refractivity contribution is -0.252. The summed E-state index contributed by atoms with van der Waals surface area (Å²) < 4.78 is 98.6. The molecule has 12 fully saturated rings. The Labute approximate surface area is 677 Å². The van der Waals surface area contributed by atoms with E-state index in [-0.39, 0.29) is 133 Å². The first-order valence-electron chi connectivity index (χ1n) is 41.5. The Bertz CT molecular complexity index is 3480. The molecule has 15 rings (SSSR count). The van der Waals surface area contributed by atoms with Crippen molar-refractivity contribution in [2.45, 2.75) is 359 Å². The van der Waals surface area contributed by atoms with Crippen LogP contribution in [0, 0.1) is 59.2 Å². The molecule has 1 saturated heterocycles. The third kappa shape index (κ3) is 22.5. The highest BCUT2D eigenvalue weighted by atomic mass is 19.1. The van der Waals surface area contributed by atoms with Crippen molar-refractivity contribution in [3.05, 3.63) is 88.5 Å². The number of methoxy groups -OCH3 is 1. The quantitative estimate of drug-likeness (QED) is 0.0232. The van der Waals surface area contributed by atoms with Crippen LogP contribution in [0.2, 0.25) is 0 Å². The number of carbonyl (C=O) groups is 5. The number of aryl methyl sites for hydroxylation is 1. The van der Waals surface area contributed by atoms with Gasteiger partial charge in [-0.3, -0.25) is 19.2 Å². The van der Waals surface area contributed by atoms with Crippen LogP contribution in [0.25, 0.3) is 0 Å². The maximum Gasteiger partial charge on any atom is 0.344 e. The standard InChI is InChI=1S/C36H55FO6.C28H42O5.C25H32O8.4CH4/c1-8-34(7,37)33(38)43-36-18-26-15-27(19-36)17-35(16-26,22-36)42-31-11-9-30(10-12-31)41-32-28(20-39-23(2)3)13-25(6)14-29(32)21-40-24(4)5;1-5-20(3)26(29)33-28-17-22-14-23(18-28)16-27(15-22,19-28)32-13-7-12-31-25-10-8-24(9-11-25)21(4)30-6-2;1-5-24(2,3)21(26)32-19-16-12-18-20(19)33-23(28)25(18,13-16)22(27)31-11-10-30-17-8-6-15(7-9-17)14-29-4;;;;/h13-14,23-24,26-27,30-31H,8-12,15-22H2,1-7H3;8-11,20-23H,5-7,12-19H2,1-4H3;6-9,16,18-20H,5,10-14H2,1-4H3;4*1H4. The summed E-state index contributed by atoms with van der Waals surface area (Å²) in [5.41, 5.74) is 0.461. The minimum atomic E-state index is -1.94. The van der Waals surface area contributed by atoms with E-state index in [1.54, 1.807) is 14.0 Å². The molecule has 12 aliphatic rings. The first kappa shape index (κ1) is 94.3. The van der Waals surface area contributed by atoms with E-state index in [1.165, 1.54) is 25.3 Å². The highest BCUT2D eigenvalue weighted by Gasteiger charge is 2.76. The number of carbonyl (C=O) groups excluding carboxylic acids is 5. The summed E-state index contributed by atoms with van der Waals surface area (Å²) in [5.74, 6) is 2.10. The Hall–Kier alpha value is -5.90. The molecule has 12 atom stereocenters. The maximum absolute atomic E-state index is 14.9. The molecule has 1 heterocycles. The Kier molecular flexibility index (Phi) is 33.4. The second-order valence-corrected chi connectivity index (χ2v) is 35.6. The van der Waals surface area contributed by atoms with Gasteiger partial charge in [0.05, 0.1) is 86.1 Å². The lowest BCUT2D eigenvalue weighted by Gasteiger charge is -2.61. The first-order valence-corrected chi connectivity index (χ1v) is 41.5. The Morgan fingerprint density at radius 1 is 0.602 bits per heavy atom. The number of ether oxygens (including phenoxy) is 14. The minimum absolute atomic E-state index is 0. The molecule has 0 amide bonds. The van der Waals surface area contributed by atoms with Crippen LogP contribution in [-0.4, -0.2) is 135 Å². The predicted molar refractivity (Wildman–Crippen MR) is 436 cm³/mol. The van der Waals surface area contributed by atoms with Crippen LogP contribution in [-0.2, 0) is 95.9 Å². The molecule has 113 heavy (non-hydrogen) atoms. The van der Waals surface area contributed by atoms with Crippen molar-refractivity contribution >= 4 is 29.8 Å². The molecule has 0 radical (unpaired) electrons. The zero-order valence-electron chi connectivity index (χ0n) is 68.2. The third-order valence-corrected chi connectivity index (χ3v) is 25.7. The van der Waals surface area contributed by atoms with Gasteiger partial charge in [-0.1, -0.05) is 99.4 Å². The van der Waals surface area contributed by atoms with E-state index in [1.807, 2.05) is 77.9 Å². The molecule has 20 heteroatoms. The van der Waals surface area contributed by atoms with E-state index < -0.39 is 52.2 Å². The van der Waals surface area contributed by atoms with Gasteiger partial charge in [-0.15, -0.1) is 0 Å². The third-order valence-electron chi connectivity index (χ3n) is 25.7. The van der Waals surface area contributed by atoms with Gasteiger partial charge in [-0.05, 0) is 250 Å². The highest BCUT2D eigenvalue weighted by molar-refractivity contribution is 6.03. The van der Waals surface area contributed by atoms with Crippen molar-refractivity contribution in [3.8, 4) is 17.2 Å². The van der Waals surface area contributed by atoms with E-state index >= 15 is 0 Å². The number of rotatable bonds is 35. The number of esters is 5. The Morgan fingerprint density at radius 2 is 1.13 bits per heavy atom. The van der Waals surface area contributed by atoms with Crippen molar-refractivity contribution in [1.82, 2.24) is 0 Å². The number of alkyl halides is 1. The van der Waals surface area contributed by atoms with E-state index in [0.717, 1.165) is 130 Å². The molecular weight excluding hydrogens is 1440 g/mol. The minimum Gasteiger partial charge on any atom is -0.494 e. The fourth-order valence-electron chi connectivity index (χ4n) is 20.1. The van der Waals surface area contributed by atoms with Crippen LogP contribution >= 0.6 is 0 Å². The molecular formula is C93H145FO19. The molecule has 0 N–H and O–H groups in total. The Morgan fingerprint density at radius 3 is 1.67 bits per heavy atom. The van der Waals surface area contributed by atoms with Crippen molar-refractivity contribution < 1.29 is 94.7 Å². The second-order valence-electron chi connectivity index (χ2n) is 35.6. The summed E-state index contributed by atoms with van der Waals surface area (Å²) in [6.45, 7) is 30.9. The fraction of sp³-hybridized carbons (Fsp3) is 0.753. The van der Waals surface area contributed by atoms with Crippen LogP contribution in [0.5, 0.6) is 17.2 Å². The molecule has 0 spiro atoms. The molecule has 1 aliphatic heterocycles. The predicted octanol–water partition coefficient (Wildman–Crippen LogP) is 20.2. The summed E-state index contributed by atoms with van der Waals surface area (Å²) in [5, 5.41) is 0. The molecule has 3 aromatic rings. The van der Waals surface area contributed by atoms with Gasteiger partial charge in [0, 0.05) is 55.9 Å². The molecule has 12 unspecified atom stereocenters. The van der Waals surface area contributed by atoms with Gasteiger partial charge in [-0.25, -0.2) is 9.18 Å². The lowest BCUT2D eigenvalue weighted by Crippen LogP contribution is -2.62. The summed E-state index contributed by atoms with van der Waals surface area (Å²) in [6, 6.07) is 20.0. The van der Waals surface area contributed by atoms with Gasteiger partial charge >= 0.3 is 29.8 Å². The SMILES string of the molecule is C.C.C.C.CCC(C)(C)C(=O)OC1C2CC3C1OC(=O)C3(C(=O)OCCOc1ccc(COC)cc1)C2.CCC(C)(F)C(=O)OC12CC3CC(C1)CC(OC1CCC(Oc4c(COC(C)C)cc(C)cc4COC(C)C)CC1)(C3)C2.CCOC(C)c1ccc(OCCCOC23CC4CC(C2)CC(OC(=O)C(C)CC)(C4)C3)cc1. The first-order chi connectivity index (χ1) is 51.9. The topological polar surface area (TPSA) is 215 Å². The van der Waals surface area contributed by atoms with Gasteiger partial charge in [0.1, 0.15) is 53.9 Å². The van der Waals surface area contributed by atoms with E-state index in [2.05, 4.69) is 65.8 Å². The number of hydrogen-bond acceptors (Lipinski definition) is 19. The van der Waals surface area contributed by atoms with Crippen molar-refractivity contribution in [2.24, 2.45) is 52.3 Å². The van der Waals surface area contributed by atoms with E-state index in [9.17, 15) is 28.4 Å². The van der Waals surface area contributed by atoms with Crippen LogP contribution in [0.1, 0.15) is 295 Å². The number of hydrogen-bond donors (Lipinski definition) is 0. The molecule has 11 aliphatic carbocycles. The van der Waals surface area contributed by atoms with E-state index in [4.69, 9.17) is 66.3 Å². The highest BCUT2D eigenvalue weighted by Crippen LogP contribution is 2.65. The summed E-state index contributed by atoms with van der Waals surface area (Å²) >= 11 is 0. The number of halogens is 1. The molecule has 10 bridgehead atoms. The van der Waals surface area contributed by atoms with Crippen LogP contribution < -0.4 is 14.2 Å². The summed E-state index contributed by atoms with van der Waals surface area (Å²) in [4.78, 5) is 63.7. The van der Waals surface area contributed by atoms with Gasteiger partial charge < -0.3 is 66.3 Å². The zero-order valence-corrected chi connectivity index (χ0v) is 68.2. The molecule has 638 valence electrons. The van der Waals surface area contributed by atoms with Gasteiger partial charge in [0.25, 0.3) is 0 Å². The zero-order chi connectivity index (χ0) is 78.3. The van der Waals surface area contributed by atoms with Crippen molar-refractivity contribution in [2.75, 3.05) is 40.1 Å². The molecule has 19 nitrogen and oxygen atoms in total. The lowest BCUT2D eigenvalue weighted by atomic mass is 9.52. The molecule has 11 saturated carbocycles. The van der Waals surface area contributed by atoms with E-state index in [0.29, 0.717) is 88.3 Å². The monoisotopic (exact) mass is 1590 g/mol. The number of fused-ring (bicyclic) bond motifs is 1. The van der Waals surface area contributed by atoms with Gasteiger partial charge in [0.2, 0.25) is 5.67 Å². The fourth-order valence-corrected chi connectivity index (χ4v) is 20.1. The summed E-state index contributed by atoms with van der Waals surface area (Å²) in [6.07, 6.45) is 18.7. The van der Waals surface area contributed by atoms with Crippen LogP contribution in [0.4, 0.5) is 4.39 Å². The maximum atomic E-state index is 14.9. The normalized spacial score (nSPS) is 30.6. The molecule has 3 aromatic carbocycles. The van der Waals surface area contributed by atoms with Gasteiger partial charge in [-0.2, -0.15) is 0 Å². The summed E-state index contributed by atoms with van der Waals surface area (Å²) in [7, 11) is 1.64. The van der Waals surface area contributed by atoms with Gasteiger partial charge in [0.15, 0.2) is 5.41 Å². The Balaban J connectivity index is 0.000000234. The average Bonchev–Trinajstić information content (AvgIpc) is 1.55. The average molecular weight is 1590 g/mol.